The van der Waals surface area contributed by atoms with Crippen LogP contribution in [0.25, 0.3) is 0 Å². The van der Waals surface area contributed by atoms with E-state index in [0.29, 0.717) is 6.61 Å². The molecule has 0 aliphatic rings. The lowest BCUT2D eigenvalue weighted by molar-refractivity contribution is 0.266. The smallest absolute Gasteiger partial charge is 0.146 e. The van der Waals surface area contributed by atoms with E-state index in [0.717, 1.165) is 47.2 Å². The molecule has 3 nitrogen and oxygen atoms in total. The summed E-state index contributed by atoms with van der Waals surface area (Å²) >= 11 is 5.93. The summed E-state index contributed by atoms with van der Waals surface area (Å²) in [6.07, 6.45) is 2.82. The molecule has 0 spiro atoms. The van der Waals surface area contributed by atoms with E-state index in [1.807, 2.05) is 31.2 Å². The highest BCUT2D eigenvalue weighted by Gasteiger charge is 2.08. The minimum absolute atomic E-state index is 0.429. The molecule has 0 radical (unpaired) electrons. The Labute approximate surface area is 124 Å². The van der Waals surface area contributed by atoms with Crippen LogP contribution in [0.2, 0.25) is 5.02 Å². The number of halogens is 1. The predicted molar refractivity (Wildman–Crippen MR) is 81.2 cm³/mol. The summed E-state index contributed by atoms with van der Waals surface area (Å²) in [6.45, 7) is 6.37. The van der Waals surface area contributed by atoms with Gasteiger partial charge in [0.25, 0.3) is 0 Å². The van der Waals surface area contributed by atoms with Crippen molar-refractivity contribution < 1.29 is 9.15 Å². The van der Waals surface area contributed by atoms with E-state index in [-0.39, 0.29) is 0 Å². The van der Waals surface area contributed by atoms with Crippen molar-refractivity contribution in [2.24, 2.45) is 0 Å². The molecule has 1 aromatic carbocycles. The molecule has 0 unspecified atom stereocenters. The highest BCUT2D eigenvalue weighted by Crippen LogP contribution is 2.23. The van der Waals surface area contributed by atoms with Crippen LogP contribution >= 0.6 is 11.6 Å². The van der Waals surface area contributed by atoms with Gasteiger partial charge in [-0.3, -0.25) is 0 Å². The van der Waals surface area contributed by atoms with Crippen LogP contribution in [0.1, 0.15) is 30.2 Å². The third-order valence-corrected chi connectivity index (χ3v) is 3.31. The van der Waals surface area contributed by atoms with Crippen LogP contribution in [0.5, 0.6) is 5.75 Å². The van der Waals surface area contributed by atoms with Gasteiger partial charge in [0.15, 0.2) is 0 Å². The van der Waals surface area contributed by atoms with E-state index in [9.17, 15) is 0 Å². The molecule has 4 heteroatoms. The minimum atomic E-state index is 0.429. The predicted octanol–water partition coefficient (Wildman–Crippen LogP) is 4.32. The van der Waals surface area contributed by atoms with Crippen LogP contribution in [0, 0.1) is 6.92 Å². The molecule has 2 aromatic rings. The topological polar surface area (TPSA) is 34.4 Å². The van der Waals surface area contributed by atoms with Gasteiger partial charge in [0.05, 0.1) is 6.26 Å². The second-order valence-corrected chi connectivity index (χ2v) is 5.18. The lowest BCUT2D eigenvalue weighted by Crippen LogP contribution is -2.14. The van der Waals surface area contributed by atoms with Gasteiger partial charge in [0, 0.05) is 17.1 Å². The molecule has 2 rings (SSSR count). The normalized spacial score (nSPS) is 10.8. The highest BCUT2D eigenvalue weighted by atomic mass is 35.5. The van der Waals surface area contributed by atoms with Crippen molar-refractivity contribution in [3.8, 4) is 5.75 Å². The van der Waals surface area contributed by atoms with Gasteiger partial charge in [-0.2, -0.15) is 0 Å². The zero-order valence-corrected chi connectivity index (χ0v) is 12.7. The molecular formula is C16H20ClNO2. The van der Waals surface area contributed by atoms with Crippen molar-refractivity contribution in [2.45, 2.75) is 33.4 Å². The standard InChI is InChI=1S/C16H20ClNO2/c1-3-7-18-10-13-6-8-19-16(13)11-20-15-5-4-14(17)9-12(15)2/h4-6,8-9,18H,3,7,10-11H2,1-2H3. The van der Waals surface area contributed by atoms with Crippen LogP contribution in [-0.2, 0) is 13.2 Å². The van der Waals surface area contributed by atoms with Crippen LogP contribution in [-0.4, -0.2) is 6.54 Å². The van der Waals surface area contributed by atoms with Crippen LogP contribution in [0.15, 0.2) is 34.9 Å². The fourth-order valence-corrected chi connectivity index (χ4v) is 2.20. The summed E-state index contributed by atoms with van der Waals surface area (Å²) in [6, 6.07) is 7.59. The Balaban J connectivity index is 1.95. The summed E-state index contributed by atoms with van der Waals surface area (Å²) in [5.74, 6) is 1.70. The van der Waals surface area contributed by atoms with E-state index in [2.05, 4.69) is 12.2 Å². The van der Waals surface area contributed by atoms with Crippen molar-refractivity contribution in [3.63, 3.8) is 0 Å². The summed E-state index contributed by atoms with van der Waals surface area (Å²) in [5.41, 5.74) is 2.17. The first kappa shape index (κ1) is 14.9. The number of nitrogens with one attached hydrogen (secondary N) is 1. The Hall–Kier alpha value is -1.45. The van der Waals surface area contributed by atoms with Crippen LogP contribution < -0.4 is 10.1 Å². The second kappa shape index (κ2) is 7.36. The van der Waals surface area contributed by atoms with Gasteiger partial charge >= 0.3 is 0 Å². The molecule has 0 saturated heterocycles. The first-order valence-corrected chi connectivity index (χ1v) is 7.23. The average molecular weight is 294 g/mol. The lowest BCUT2D eigenvalue weighted by Gasteiger charge is -2.09. The summed E-state index contributed by atoms with van der Waals surface area (Å²) < 4.78 is 11.3. The Morgan fingerprint density at radius 2 is 2.15 bits per heavy atom. The Kier molecular flexibility index (Phi) is 5.50. The fraction of sp³-hybridized carbons (Fsp3) is 0.375. The van der Waals surface area contributed by atoms with Gasteiger partial charge in [-0.05, 0) is 49.7 Å². The monoisotopic (exact) mass is 293 g/mol. The van der Waals surface area contributed by atoms with Gasteiger partial charge in [0.2, 0.25) is 0 Å². The van der Waals surface area contributed by atoms with Gasteiger partial charge in [-0.15, -0.1) is 0 Å². The number of aryl methyl sites for hydroxylation is 1. The molecule has 0 fully saturated rings. The maximum atomic E-state index is 5.93. The number of hydrogen-bond donors (Lipinski definition) is 1. The van der Waals surface area contributed by atoms with Crippen molar-refractivity contribution >= 4 is 11.6 Å². The third kappa shape index (κ3) is 4.02. The van der Waals surface area contributed by atoms with E-state index >= 15 is 0 Å². The number of rotatable bonds is 7. The third-order valence-electron chi connectivity index (χ3n) is 3.08. The Morgan fingerprint density at radius 1 is 1.30 bits per heavy atom. The molecule has 108 valence electrons. The van der Waals surface area contributed by atoms with Crippen LogP contribution in [0.4, 0.5) is 0 Å². The molecule has 20 heavy (non-hydrogen) atoms. The van der Waals surface area contributed by atoms with Gasteiger partial charge in [-0.25, -0.2) is 0 Å². The molecule has 0 aliphatic carbocycles. The van der Waals surface area contributed by atoms with E-state index < -0.39 is 0 Å². The second-order valence-electron chi connectivity index (χ2n) is 4.74. The number of benzene rings is 1. The molecule has 1 aromatic heterocycles. The number of ether oxygens (including phenoxy) is 1. The summed E-state index contributed by atoms with van der Waals surface area (Å²) in [7, 11) is 0. The Morgan fingerprint density at radius 3 is 2.90 bits per heavy atom. The number of hydrogen-bond acceptors (Lipinski definition) is 3. The molecule has 1 heterocycles. The van der Waals surface area contributed by atoms with Crippen molar-refractivity contribution in [3.05, 3.63) is 52.4 Å². The van der Waals surface area contributed by atoms with Gasteiger partial charge in [-0.1, -0.05) is 18.5 Å². The molecule has 0 aliphatic heterocycles. The zero-order valence-electron chi connectivity index (χ0n) is 11.9. The highest BCUT2D eigenvalue weighted by molar-refractivity contribution is 6.30. The van der Waals surface area contributed by atoms with Gasteiger partial charge in [0.1, 0.15) is 18.1 Å². The molecule has 0 saturated carbocycles. The first-order valence-electron chi connectivity index (χ1n) is 6.85. The fourth-order valence-electron chi connectivity index (χ4n) is 1.97. The quantitative estimate of drug-likeness (QED) is 0.772. The lowest BCUT2D eigenvalue weighted by atomic mass is 10.2. The average Bonchev–Trinajstić information content (AvgIpc) is 2.86. The van der Waals surface area contributed by atoms with Crippen molar-refractivity contribution in [1.29, 1.82) is 0 Å². The number of furan rings is 1. The summed E-state index contributed by atoms with van der Waals surface area (Å²) in [4.78, 5) is 0. The molecule has 0 bridgehead atoms. The molecular weight excluding hydrogens is 274 g/mol. The molecule has 1 N–H and O–H groups in total. The zero-order chi connectivity index (χ0) is 14.4. The van der Waals surface area contributed by atoms with Gasteiger partial charge < -0.3 is 14.5 Å². The SMILES string of the molecule is CCCNCc1ccoc1COc1ccc(Cl)cc1C. The van der Waals surface area contributed by atoms with Crippen LogP contribution in [0.3, 0.4) is 0 Å². The molecule has 0 atom stereocenters. The maximum absolute atomic E-state index is 5.93. The van der Waals surface area contributed by atoms with E-state index in [4.69, 9.17) is 20.8 Å². The van der Waals surface area contributed by atoms with Crippen molar-refractivity contribution in [1.82, 2.24) is 5.32 Å². The first-order chi connectivity index (χ1) is 9.70. The largest absolute Gasteiger partial charge is 0.485 e. The minimum Gasteiger partial charge on any atom is -0.485 e. The molecule has 0 amide bonds. The van der Waals surface area contributed by atoms with E-state index in [1.54, 1.807) is 6.26 Å². The maximum Gasteiger partial charge on any atom is 0.146 e. The van der Waals surface area contributed by atoms with Crippen molar-refractivity contribution in [2.75, 3.05) is 6.54 Å². The summed E-state index contributed by atoms with van der Waals surface area (Å²) in [5, 5.41) is 4.08. The Bertz CT molecular complexity index is 551. The van der Waals surface area contributed by atoms with E-state index in [1.165, 1.54) is 0 Å².